The molecule has 5 heteroatoms. The first-order chi connectivity index (χ1) is 7.29. The van der Waals surface area contributed by atoms with Crippen molar-refractivity contribution in [1.29, 1.82) is 0 Å². The molecular formula is C10H18N4O. The molecule has 0 saturated heterocycles. The molecule has 0 bridgehead atoms. The highest BCUT2D eigenvalue weighted by atomic mass is 16.3. The molecule has 1 aromatic rings. The highest BCUT2D eigenvalue weighted by Crippen LogP contribution is 2.36. The summed E-state index contributed by atoms with van der Waals surface area (Å²) in [7, 11) is 0. The van der Waals surface area contributed by atoms with Crippen molar-refractivity contribution in [3.05, 3.63) is 11.9 Å². The Bertz CT molecular complexity index is 312. The van der Waals surface area contributed by atoms with Crippen LogP contribution < -0.4 is 5.32 Å². The van der Waals surface area contributed by atoms with Gasteiger partial charge >= 0.3 is 0 Å². The van der Waals surface area contributed by atoms with E-state index < -0.39 is 0 Å². The molecule has 0 aromatic carbocycles. The lowest BCUT2D eigenvalue weighted by atomic mass is 10.3. The van der Waals surface area contributed by atoms with Gasteiger partial charge in [-0.2, -0.15) is 0 Å². The second kappa shape index (κ2) is 4.72. The van der Waals surface area contributed by atoms with E-state index in [1.807, 2.05) is 6.20 Å². The van der Waals surface area contributed by atoms with Gasteiger partial charge in [-0.15, -0.1) is 5.10 Å². The second-order valence-electron chi connectivity index (χ2n) is 4.30. The molecule has 0 amide bonds. The lowest BCUT2D eigenvalue weighted by molar-refractivity contribution is 0.268. The molecule has 15 heavy (non-hydrogen) atoms. The van der Waals surface area contributed by atoms with E-state index in [4.69, 9.17) is 5.11 Å². The van der Waals surface area contributed by atoms with Gasteiger partial charge in [0.1, 0.15) is 0 Å². The maximum absolute atomic E-state index is 8.71. The predicted molar refractivity (Wildman–Crippen MR) is 56.1 cm³/mol. The number of aliphatic hydroxyl groups is 1. The van der Waals surface area contributed by atoms with Crippen molar-refractivity contribution in [2.75, 3.05) is 13.2 Å². The van der Waals surface area contributed by atoms with E-state index in [1.54, 1.807) is 4.68 Å². The summed E-state index contributed by atoms with van der Waals surface area (Å²) in [5.74, 6) is 1.75. The normalized spacial score (nSPS) is 24.4. The summed E-state index contributed by atoms with van der Waals surface area (Å²) in [4.78, 5) is 0. The molecule has 0 aliphatic heterocycles. The lowest BCUT2D eigenvalue weighted by Gasteiger charge is -1.99. The predicted octanol–water partition coefficient (Wildman–Crippen LogP) is 0.0160. The van der Waals surface area contributed by atoms with Crippen molar-refractivity contribution >= 4 is 0 Å². The quantitative estimate of drug-likeness (QED) is 0.694. The fourth-order valence-electron chi connectivity index (χ4n) is 1.70. The third-order valence-electron chi connectivity index (χ3n) is 2.90. The first kappa shape index (κ1) is 10.6. The van der Waals surface area contributed by atoms with Crippen LogP contribution >= 0.6 is 0 Å². The molecule has 1 aliphatic rings. The zero-order valence-corrected chi connectivity index (χ0v) is 9.06. The van der Waals surface area contributed by atoms with Crippen LogP contribution in [0.4, 0.5) is 0 Å². The SMILES string of the molecule is CC1CC1CNCc1cn(CCO)nn1. The van der Waals surface area contributed by atoms with Crippen molar-refractivity contribution < 1.29 is 5.11 Å². The topological polar surface area (TPSA) is 63.0 Å². The summed E-state index contributed by atoms with van der Waals surface area (Å²) >= 11 is 0. The average Bonchev–Trinajstić information content (AvgIpc) is 2.74. The Labute approximate surface area is 89.5 Å². The van der Waals surface area contributed by atoms with E-state index in [1.165, 1.54) is 6.42 Å². The number of hydrogen-bond acceptors (Lipinski definition) is 4. The van der Waals surface area contributed by atoms with Gasteiger partial charge in [0.25, 0.3) is 0 Å². The van der Waals surface area contributed by atoms with Crippen LogP contribution in [0.2, 0.25) is 0 Å². The van der Waals surface area contributed by atoms with Crippen molar-refractivity contribution in [2.24, 2.45) is 11.8 Å². The number of nitrogens with zero attached hydrogens (tertiary/aromatic N) is 3. The Morgan fingerprint density at radius 1 is 1.67 bits per heavy atom. The van der Waals surface area contributed by atoms with Crippen LogP contribution in [0.15, 0.2) is 6.20 Å². The lowest BCUT2D eigenvalue weighted by Crippen LogP contribution is -2.17. The maximum Gasteiger partial charge on any atom is 0.0964 e. The number of rotatable bonds is 6. The minimum Gasteiger partial charge on any atom is -0.394 e. The van der Waals surface area contributed by atoms with Gasteiger partial charge in [0, 0.05) is 12.7 Å². The van der Waals surface area contributed by atoms with Crippen LogP contribution in [0.25, 0.3) is 0 Å². The van der Waals surface area contributed by atoms with Crippen molar-refractivity contribution in [1.82, 2.24) is 20.3 Å². The largest absolute Gasteiger partial charge is 0.394 e. The van der Waals surface area contributed by atoms with E-state index in [-0.39, 0.29) is 6.61 Å². The molecule has 2 atom stereocenters. The van der Waals surface area contributed by atoms with Gasteiger partial charge in [0.05, 0.1) is 18.8 Å². The van der Waals surface area contributed by atoms with E-state index in [0.717, 1.165) is 30.6 Å². The van der Waals surface area contributed by atoms with Gasteiger partial charge in [-0.05, 0) is 24.8 Å². The Balaban J connectivity index is 1.68. The summed E-state index contributed by atoms with van der Waals surface area (Å²) in [5, 5.41) is 20.0. The van der Waals surface area contributed by atoms with Crippen LogP contribution in [0.5, 0.6) is 0 Å². The average molecular weight is 210 g/mol. The van der Waals surface area contributed by atoms with Crippen molar-refractivity contribution in [2.45, 2.75) is 26.4 Å². The van der Waals surface area contributed by atoms with Gasteiger partial charge in [0.2, 0.25) is 0 Å². The summed E-state index contributed by atoms with van der Waals surface area (Å²) in [6.45, 7) is 4.76. The molecule has 2 rings (SSSR count). The van der Waals surface area contributed by atoms with Crippen LogP contribution in [-0.4, -0.2) is 33.3 Å². The molecule has 2 unspecified atom stereocenters. The van der Waals surface area contributed by atoms with E-state index in [2.05, 4.69) is 22.6 Å². The van der Waals surface area contributed by atoms with Gasteiger partial charge in [0.15, 0.2) is 0 Å². The third-order valence-corrected chi connectivity index (χ3v) is 2.90. The zero-order valence-electron chi connectivity index (χ0n) is 9.06. The monoisotopic (exact) mass is 210 g/mol. The van der Waals surface area contributed by atoms with Crippen LogP contribution in [-0.2, 0) is 13.1 Å². The highest BCUT2D eigenvalue weighted by molar-refractivity contribution is 4.92. The number of nitrogens with one attached hydrogen (secondary N) is 1. The van der Waals surface area contributed by atoms with Crippen molar-refractivity contribution in [3.63, 3.8) is 0 Å². The van der Waals surface area contributed by atoms with E-state index >= 15 is 0 Å². The number of hydrogen-bond donors (Lipinski definition) is 2. The minimum atomic E-state index is 0.107. The van der Waals surface area contributed by atoms with Gasteiger partial charge < -0.3 is 10.4 Å². The molecular weight excluding hydrogens is 192 g/mol. The van der Waals surface area contributed by atoms with Crippen LogP contribution in [0.1, 0.15) is 19.0 Å². The molecule has 1 heterocycles. The summed E-state index contributed by atoms with van der Waals surface area (Å²) < 4.78 is 1.66. The Kier molecular flexibility index (Phi) is 3.33. The Hall–Kier alpha value is -0.940. The second-order valence-corrected chi connectivity index (χ2v) is 4.30. The molecule has 1 aromatic heterocycles. The fourth-order valence-corrected chi connectivity index (χ4v) is 1.70. The minimum absolute atomic E-state index is 0.107. The first-order valence-electron chi connectivity index (χ1n) is 5.50. The Morgan fingerprint density at radius 2 is 2.47 bits per heavy atom. The standard InChI is InChI=1S/C10H18N4O/c1-8-4-9(8)5-11-6-10-7-14(2-3-15)13-12-10/h7-9,11,15H,2-6H2,1H3. The summed E-state index contributed by atoms with van der Waals surface area (Å²) in [5.41, 5.74) is 0.941. The molecule has 0 spiro atoms. The first-order valence-corrected chi connectivity index (χ1v) is 5.50. The molecule has 84 valence electrons. The molecule has 1 fully saturated rings. The number of aliphatic hydroxyl groups excluding tert-OH is 1. The van der Waals surface area contributed by atoms with Gasteiger partial charge in [-0.1, -0.05) is 12.1 Å². The molecule has 5 nitrogen and oxygen atoms in total. The summed E-state index contributed by atoms with van der Waals surface area (Å²) in [6.07, 6.45) is 3.23. The summed E-state index contributed by atoms with van der Waals surface area (Å²) in [6, 6.07) is 0. The van der Waals surface area contributed by atoms with E-state index in [0.29, 0.717) is 6.54 Å². The van der Waals surface area contributed by atoms with Crippen LogP contribution in [0, 0.1) is 11.8 Å². The smallest absolute Gasteiger partial charge is 0.0964 e. The highest BCUT2D eigenvalue weighted by Gasteiger charge is 2.31. The van der Waals surface area contributed by atoms with Gasteiger partial charge in [-0.25, -0.2) is 4.68 Å². The third kappa shape index (κ3) is 3.00. The Morgan fingerprint density at radius 3 is 3.13 bits per heavy atom. The zero-order chi connectivity index (χ0) is 10.7. The number of aromatic nitrogens is 3. The fraction of sp³-hybridized carbons (Fsp3) is 0.800. The molecule has 1 aliphatic carbocycles. The molecule has 0 radical (unpaired) electrons. The van der Waals surface area contributed by atoms with Crippen LogP contribution in [0.3, 0.4) is 0 Å². The van der Waals surface area contributed by atoms with E-state index in [9.17, 15) is 0 Å². The molecule has 2 N–H and O–H groups in total. The molecule has 1 saturated carbocycles. The van der Waals surface area contributed by atoms with Gasteiger partial charge in [-0.3, -0.25) is 0 Å². The maximum atomic E-state index is 8.71. The van der Waals surface area contributed by atoms with Crippen molar-refractivity contribution in [3.8, 4) is 0 Å².